The maximum Gasteiger partial charge on any atom is 0.222 e. The van der Waals surface area contributed by atoms with E-state index in [-0.39, 0.29) is 12.3 Å². The summed E-state index contributed by atoms with van der Waals surface area (Å²) < 4.78 is 0. The molecular formula is C17H23NO2. The molecule has 0 heterocycles. The van der Waals surface area contributed by atoms with Gasteiger partial charge < -0.3 is 10.4 Å². The van der Waals surface area contributed by atoms with Crippen LogP contribution in [-0.2, 0) is 4.79 Å². The summed E-state index contributed by atoms with van der Waals surface area (Å²) in [7, 11) is 0. The van der Waals surface area contributed by atoms with Crippen molar-refractivity contribution in [2.24, 2.45) is 11.3 Å². The molecule has 0 spiro atoms. The molecule has 0 aromatic heterocycles. The lowest BCUT2D eigenvalue weighted by atomic mass is 9.65. The average molecular weight is 273 g/mol. The highest BCUT2D eigenvalue weighted by Gasteiger charge is 2.48. The highest BCUT2D eigenvalue weighted by molar-refractivity contribution is 5.76. The second-order valence-electron chi connectivity index (χ2n) is 6.40. The van der Waals surface area contributed by atoms with Crippen molar-refractivity contribution in [2.75, 3.05) is 6.54 Å². The lowest BCUT2D eigenvalue weighted by Gasteiger charge is -2.42. The SMILES string of the molecule is O=C(CC(O)c1ccccc1)NCC1(C2CC2)CCC1. The topological polar surface area (TPSA) is 49.3 Å². The van der Waals surface area contributed by atoms with E-state index in [0.717, 1.165) is 18.0 Å². The molecule has 3 rings (SSSR count). The minimum atomic E-state index is -0.700. The molecule has 2 aliphatic carbocycles. The molecule has 3 heteroatoms. The van der Waals surface area contributed by atoms with E-state index in [9.17, 15) is 9.90 Å². The van der Waals surface area contributed by atoms with Gasteiger partial charge in [0.15, 0.2) is 0 Å². The molecular weight excluding hydrogens is 250 g/mol. The summed E-state index contributed by atoms with van der Waals surface area (Å²) in [6.45, 7) is 0.804. The number of hydrogen-bond acceptors (Lipinski definition) is 2. The number of aliphatic hydroxyl groups excluding tert-OH is 1. The molecule has 1 unspecified atom stereocenters. The van der Waals surface area contributed by atoms with Crippen LogP contribution in [0, 0.1) is 11.3 Å². The molecule has 2 N–H and O–H groups in total. The Kier molecular flexibility index (Phi) is 3.79. The highest BCUT2D eigenvalue weighted by Crippen LogP contribution is 2.56. The molecule has 2 aliphatic rings. The number of hydrogen-bond donors (Lipinski definition) is 2. The third-order valence-electron chi connectivity index (χ3n) is 4.99. The summed E-state index contributed by atoms with van der Waals surface area (Å²) in [5, 5.41) is 13.1. The fourth-order valence-corrected chi connectivity index (χ4v) is 3.37. The summed E-state index contributed by atoms with van der Waals surface area (Å²) in [6.07, 6.45) is 5.96. The standard InChI is InChI=1S/C17H23NO2/c19-15(13-5-2-1-3-6-13)11-16(20)18-12-17(9-4-10-17)14-7-8-14/h1-3,5-6,14-15,19H,4,7-12H2,(H,18,20). The van der Waals surface area contributed by atoms with Gasteiger partial charge in [-0.25, -0.2) is 0 Å². The summed E-state index contributed by atoms with van der Waals surface area (Å²) in [6, 6.07) is 9.39. The molecule has 0 saturated heterocycles. The first-order valence-electron chi connectivity index (χ1n) is 7.69. The van der Waals surface area contributed by atoms with E-state index in [4.69, 9.17) is 0 Å². The quantitative estimate of drug-likeness (QED) is 0.837. The normalized spacial score (nSPS) is 21.9. The Morgan fingerprint density at radius 2 is 2.00 bits per heavy atom. The van der Waals surface area contributed by atoms with E-state index >= 15 is 0 Å². The molecule has 108 valence electrons. The Morgan fingerprint density at radius 3 is 2.55 bits per heavy atom. The van der Waals surface area contributed by atoms with Crippen molar-refractivity contribution in [3.63, 3.8) is 0 Å². The van der Waals surface area contributed by atoms with Gasteiger partial charge in [0.1, 0.15) is 0 Å². The zero-order valence-corrected chi connectivity index (χ0v) is 11.8. The van der Waals surface area contributed by atoms with Gasteiger partial charge in [-0.3, -0.25) is 4.79 Å². The second kappa shape index (κ2) is 5.57. The summed E-state index contributed by atoms with van der Waals surface area (Å²) in [5.41, 5.74) is 1.20. The molecule has 0 aliphatic heterocycles. The maximum atomic E-state index is 12.0. The molecule has 0 radical (unpaired) electrons. The van der Waals surface area contributed by atoms with Gasteiger partial charge in [-0.05, 0) is 42.6 Å². The molecule has 2 saturated carbocycles. The molecule has 1 aromatic rings. The van der Waals surface area contributed by atoms with E-state index in [1.807, 2.05) is 30.3 Å². The predicted molar refractivity (Wildman–Crippen MR) is 78.0 cm³/mol. The number of carbonyl (C=O) groups is 1. The number of carbonyl (C=O) groups excluding carboxylic acids is 1. The van der Waals surface area contributed by atoms with E-state index in [1.54, 1.807) is 0 Å². The lowest BCUT2D eigenvalue weighted by Crippen LogP contribution is -2.43. The zero-order chi connectivity index (χ0) is 14.0. The molecule has 1 aromatic carbocycles. The van der Waals surface area contributed by atoms with Crippen LogP contribution >= 0.6 is 0 Å². The van der Waals surface area contributed by atoms with E-state index in [0.29, 0.717) is 5.41 Å². The third kappa shape index (κ3) is 2.88. The highest BCUT2D eigenvalue weighted by atomic mass is 16.3. The van der Waals surface area contributed by atoms with Crippen molar-refractivity contribution in [2.45, 2.75) is 44.6 Å². The fraction of sp³-hybridized carbons (Fsp3) is 0.588. The van der Waals surface area contributed by atoms with Crippen LogP contribution in [0.1, 0.15) is 50.2 Å². The molecule has 3 nitrogen and oxygen atoms in total. The van der Waals surface area contributed by atoms with Gasteiger partial charge in [-0.2, -0.15) is 0 Å². The Bertz CT molecular complexity index is 463. The first-order chi connectivity index (χ1) is 9.70. The van der Waals surface area contributed by atoms with Gasteiger partial charge >= 0.3 is 0 Å². The van der Waals surface area contributed by atoms with Crippen LogP contribution in [-0.4, -0.2) is 17.6 Å². The summed E-state index contributed by atoms with van der Waals surface area (Å²) >= 11 is 0. The minimum absolute atomic E-state index is 0.0340. The first kappa shape index (κ1) is 13.6. The molecule has 20 heavy (non-hydrogen) atoms. The van der Waals surface area contributed by atoms with Gasteiger partial charge in [0.2, 0.25) is 5.91 Å². The van der Waals surface area contributed by atoms with Crippen LogP contribution in [0.3, 0.4) is 0 Å². The minimum Gasteiger partial charge on any atom is -0.388 e. The number of aliphatic hydroxyl groups is 1. The van der Waals surface area contributed by atoms with Crippen molar-refractivity contribution in [3.05, 3.63) is 35.9 Å². The van der Waals surface area contributed by atoms with Gasteiger partial charge in [0.25, 0.3) is 0 Å². The molecule has 1 amide bonds. The Hall–Kier alpha value is -1.35. The van der Waals surface area contributed by atoms with Crippen molar-refractivity contribution in [1.29, 1.82) is 0 Å². The summed E-state index contributed by atoms with van der Waals surface area (Å²) in [5.74, 6) is 0.809. The van der Waals surface area contributed by atoms with Crippen molar-refractivity contribution in [1.82, 2.24) is 5.32 Å². The molecule has 1 atom stereocenters. The zero-order valence-electron chi connectivity index (χ0n) is 11.8. The predicted octanol–water partition coefficient (Wildman–Crippen LogP) is 2.81. The van der Waals surface area contributed by atoms with Gasteiger partial charge in [0, 0.05) is 6.54 Å². The van der Waals surface area contributed by atoms with Crippen LogP contribution in [0.2, 0.25) is 0 Å². The summed E-state index contributed by atoms with van der Waals surface area (Å²) in [4.78, 5) is 12.0. The van der Waals surface area contributed by atoms with E-state index in [2.05, 4.69) is 5.32 Å². The number of amides is 1. The van der Waals surface area contributed by atoms with Crippen molar-refractivity contribution < 1.29 is 9.90 Å². The average Bonchev–Trinajstić information content (AvgIpc) is 3.23. The lowest BCUT2D eigenvalue weighted by molar-refractivity contribution is -0.124. The van der Waals surface area contributed by atoms with Gasteiger partial charge in [-0.15, -0.1) is 0 Å². The fourth-order valence-electron chi connectivity index (χ4n) is 3.37. The van der Waals surface area contributed by atoms with Crippen LogP contribution in [0.5, 0.6) is 0 Å². The number of benzene rings is 1. The smallest absolute Gasteiger partial charge is 0.222 e. The van der Waals surface area contributed by atoms with Gasteiger partial charge in [0.05, 0.1) is 12.5 Å². The molecule has 0 bridgehead atoms. The number of nitrogens with one attached hydrogen (secondary N) is 1. The number of rotatable bonds is 6. The second-order valence-corrected chi connectivity index (χ2v) is 6.40. The van der Waals surface area contributed by atoms with Crippen LogP contribution in [0.4, 0.5) is 0 Å². The van der Waals surface area contributed by atoms with Crippen molar-refractivity contribution >= 4 is 5.91 Å². The van der Waals surface area contributed by atoms with Crippen LogP contribution in [0.25, 0.3) is 0 Å². The van der Waals surface area contributed by atoms with E-state index in [1.165, 1.54) is 32.1 Å². The third-order valence-corrected chi connectivity index (χ3v) is 4.99. The maximum absolute atomic E-state index is 12.0. The van der Waals surface area contributed by atoms with Gasteiger partial charge in [-0.1, -0.05) is 36.8 Å². The monoisotopic (exact) mass is 273 g/mol. The Morgan fingerprint density at radius 1 is 1.30 bits per heavy atom. The first-order valence-corrected chi connectivity index (χ1v) is 7.69. The van der Waals surface area contributed by atoms with Crippen LogP contribution < -0.4 is 5.32 Å². The largest absolute Gasteiger partial charge is 0.388 e. The van der Waals surface area contributed by atoms with Crippen molar-refractivity contribution in [3.8, 4) is 0 Å². The van der Waals surface area contributed by atoms with Crippen LogP contribution in [0.15, 0.2) is 30.3 Å². The molecule has 2 fully saturated rings. The Balaban J connectivity index is 1.47. The Labute approximate surface area is 120 Å². The van der Waals surface area contributed by atoms with E-state index < -0.39 is 6.10 Å².